The molecule has 2 aromatic rings. The van der Waals surface area contributed by atoms with Crippen molar-refractivity contribution in [2.45, 2.75) is 39.8 Å². The smallest absolute Gasteiger partial charge is 0.109 e. The van der Waals surface area contributed by atoms with Gasteiger partial charge in [0, 0.05) is 22.5 Å². The van der Waals surface area contributed by atoms with Gasteiger partial charge < -0.3 is 5.32 Å². The maximum absolute atomic E-state index is 4.47. The molecule has 2 aromatic heterocycles. The monoisotopic (exact) mass is 266 g/mol. The molecule has 0 bridgehead atoms. The molecule has 92 valence electrons. The van der Waals surface area contributed by atoms with Crippen LogP contribution in [0.3, 0.4) is 0 Å². The fourth-order valence-electron chi connectivity index (χ4n) is 1.60. The highest BCUT2D eigenvalue weighted by Crippen LogP contribution is 2.22. The van der Waals surface area contributed by atoms with Crippen LogP contribution in [0.1, 0.15) is 40.2 Å². The third kappa shape index (κ3) is 3.15. The van der Waals surface area contributed by atoms with Gasteiger partial charge in [0.25, 0.3) is 0 Å². The Balaban J connectivity index is 1.93. The molecule has 17 heavy (non-hydrogen) atoms. The molecule has 0 radical (unpaired) electrons. The van der Waals surface area contributed by atoms with Crippen LogP contribution in [0.5, 0.6) is 0 Å². The Bertz CT molecular complexity index is 473. The molecule has 2 heterocycles. The average Bonchev–Trinajstić information content (AvgIpc) is 2.94. The molecule has 2 nitrogen and oxygen atoms in total. The quantitative estimate of drug-likeness (QED) is 0.887. The number of nitrogens with zero attached hydrogens (tertiary/aromatic N) is 1. The van der Waals surface area contributed by atoms with Crippen molar-refractivity contribution < 1.29 is 0 Å². The maximum atomic E-state index is 4.47. The van der Waals surface area contributed by atoms with Crippen molar-refractivity contribution in [2.24, 2.45) is 0 Å². The Morgan fingerprint density at radius 2 is 2.29 bits per heavy atom. The molecule has 0 saturated heterocycles. The SMILES string of the molecule is CCc1cnc(C(C)NCc2sccc2C)s1. The first-order chi connectivity index (χ1) is 8.20. The summed E-state index contributed by atoms with van der Waals surface area (Å²) in [7, 11) is 0. The topological polar surface area (TPSA) is 24.9 Å². The summed E-state index contributed by atoms with van der Waals surface area (Å²) in [5, 5.41) is 6.88. The minimum absolute atomic E-state index is 0.335. The molecule has 0 amide bonds. The number of aromatic nitrogens is 1. The van der Waals surface area contributed by atoms with Crippen LogP contribution >= 0.6 is 22.7 Å². The Kier molecular flexibility index (Phi) is 4.31. The van der Waals surface area contributed by atoms with E-state index in [2.05, 4.69) is 42.5 Å². The van der Waals surface area contributed by atoms with Crippen molar-refractivity contribution in [3.05, 3.63) is 38.0 Å². The normalized spacial score (nSPS) is 12.9. The van der Waals surface area contributed by atoms with E-state index >= 15 is 0 Å². The van der Waals surface area contributed by atoms with Crippen LogP contribution < -0.4 is 5.32 Å². The number of aryl methyl sites for hydroxylation is 2. The summed E-state index contributed by atoms with van der Waals surface area (Å²) in [5.41, 5.74) is 1.38. The third-order valence-electron chi connectivity index (χ3n) is 2.83. The van der Waals surface area contributed by atoms with Crippen LogP contribution in [-0.4, -0.2) is 4.98 Å². The minimum atomic E-state index is 0.335. The van der Waals surface area contributed by atoms with Gasteiger partial charge in [-0.25, -0.2) is 4.98 Å². The second-order valence-corrected chi connectivity index (χ2v) is 6.30. The summed E-state index contributed by atoms with van der Waals surface area (Å²) in [6.45, 7) is 7.45. The molecule has 0 aromatic carbocycles. The molecule has 4 heteroatoms. The van der Waals surface area contributed by atoms with E-state index in [1.807, 2.05) is 28.9 Å². The van der Waals surface area contributed by atoms with Gasteiger partial charge in [-0.2, -0.15) is 0 Å². The molecule has 0 aliphatic heterocycles. The van der Waals surface area contributed by atoms with E-state index in [9.17, 15) is 0 Å². The summed E-state index contributed by atoms with van der Waals surface area (Å²) in [4.78, 5) is 7.25. The third-order valence-corrected chi connectivity index (χ3v) is 5.17. The van der Waals surface area contributed by atoms with Crippen LogP contribution in [0.25, 0.3) is 0 Å². The molecular formula is C13H18N2S2. The van der Waals surface area contributed by atoms with E-state index < -0.39 is 0 Å². The summed E-state index contributed by atoms with van der Waals surface area (Å²) >= 11 is 3.63. The molecule has 1 N–H and O–H groups in total. The number of rotatable bonds is 5. The van der Waals surface area contributed by atoms with Crippen molar-refractivity contribution in [1.29, 1.82) is 0 Å². The number of nitrogens with one attached hydrogen (secondary N) is 1. The largest absolute Gasteiger partial charge is 0.303 e. The molecule has 1 unspecified atom stereocenters. The van der Waals surface area contributed by atoms with Gasteiger partial charge in [0.05, 0.1) is 6.04 Å². The van der Waals surface area contributed by atoms with Gasteiger partial charge in [0.2, 0.25) is 0 Å². The van der Waals surface area contributed by atoms with Crippen LogP contribution in [0, 0.1) is 6.92 Å². The van der Waals surface area contributed by atoms with Gasteiger partial charge in [-0.3, -0.25) is 0 Å². The Morgan fingerprint density at radius 1 is 1.47 bits per heavy atom. The van der Waals surface area contributed by atoms with Crippen LogP contribution in [0.15, 0.2) is 17.6 Å². The molecule has 0 aliphatic carbocycles. The average molecular weight is 266 g/mol. The lowest BCUT2D eigenvalue weighted by atomic mass is 10.3. The van der Waals surface area contributed by atoms with Crippen molar-refractivity contribution in [2.75, 3.05) is 0 Å². The van der Waals surface area contributed by atoms with E-state index in [4.69, 9.17) is 0 Å². The zero-order valence-corrected chi connectivity index (χ0v) is 12.1. The van der Waals surface area contributed by atoms with Crippen LogP contribution in [0.4, 0.5) is 0 Å². The number of thiazole rings is 1. The fourth-order valence-corrected chi connectivity index (χ4v) is 3.35. The van der Waals surface area contributed by atoms with Gasteiger partial charge in [-0.05, 0) is 37.3 Å². The molecule has 0 aliphatic rings. The lowest BCUT2D eigenvalue weighted by molar-refractivity contribution is 0.575. The summed E-state index contributed by atoms with van der Waals surface area (Å²) in [6.07, 6.45) is 3.07. The Hall–Kier alpha value is -0.710. The highest BCUT2D eigenvalue weighted by Gasteiger charge is 2.10. The predicted molar refractivity (Wildman–Crippen MR) is 75.8 cm³/mol. The number of thiophene rings is 1. The Morgan fingerprint density at radius 3 is 2.88 bits per heavy atom. The summed E-state index contributed by atoms with van der Waals surface area (Å²) in [6, 6.07) is 2.51. The highest BCUT2D eigenvalue weighted by molar-refractivity contribution is 7.11. The van der Waals surface area contributed by atoms with E-state index in [1.54, 1.807) is 0 Å². The van der Waals surface area contributed by atoms with Gasteiger partial charge in [0.15, 0.2) is 0 Å². The fraction of sp³-hybridized carbons (Fsp3) is 0.462. The summed E-state index contributed by atoms with van der Waals surface area (Å²) < 4.78 is 0. The van der Waals surface area contributed by atoms with Crippen LogP contribution in [0.2, 0.25) is 0 Å². The minimum Gasteiger partial charge on any atom is -0.303 e. The molecule has 0 fully saturated rings. The summed E-state index contributed by atoms with van der Waals surface area (Å²) in [5.74, 6) is 0. The standard InChI is InChI=1S/C13H18N2S2/c1-4-11-7-15-13(17-11)10(3)14-8-12-9(2)5-6-16-12/h5-7,10,14H,4,8H2,1-3H3. The lowest BCUT2D eigenvalue weighted by Gasteiger charge is -2.10. The van der Waals surface area contributed by atoms with E-state index in [-0.39, 0.29) is 0 Å². The van der Waals surface area contributed by atoms with Gasteiger partial charge in [0.1, 0.15) is 5.01 Å². The van der Waals surface area contributed by atoms with Crippen molar-refractivity contribution in [1.82, 2.24) is 10.3 Å². The molecule has 2 rings (SSSR count). The first kappa shape index (κ1) is 12.7. The van der Waals surface area contributed by atoms with Gasteiger partial charge in [-0.1, -0.05) is 6.92 Å². The molecule has 1 atom stereocenters. The second kappa shape index (κ2) is 5.76. The predicted octanol–water partition coefficient (Wildman–Crippen LogP) is 3.93. The zero-order chi connectivity index (χ0) is 12.3. The van der Waals surface area contributed by atoms with E-state index in [0.29, 0.717) is 6.04 Å². The number of hydrogen-bond donors (Lipinski definition) is 1. The Labute approximate surface area is 111 Å². The highest BCUT2D eigenvalue weighted by atomic mass is 32.1. The molecular weight excluding hydrogens is 248 g/mol. The second-order valence-electron chi connectivity index (χ2n) is 4.15. The maximum Gasteiger partial charge on any atom is 0.109 e. The number of hydrogen-bond acceptors (Lipinski definition) is 4. The van der Waals surface area contributed by atoms with Gasteiger partial charge >= 0.3 is 0 Å². The van der Waals surface area contributed by atoms with Crippen molar-refractivity contribution in [3.8, 4) is 0 Å². The molecule has 0 spiro atoms. The molecule has 0 saturated carbocycles. The lowest BCUT2D eigenvalue weighted by Crippen LogP contribution is -2.17. The first-order valence-corrected chi connectivity index (χ1v) is 7.61. The first-order valence-electron chi connectivity index (χ1n) is 5.91. The van der Waals surface area contributed by atoms with Crippen molar-refractivity contribution >= 4 is 22.7 Å². The van der Waals surface area contributed by atoms with Crippen LogP contribution in [-0.2, 0) is 13.0 Å². The van der Waals surface area contributed by atoms with E-state index in [1.165, 1.54) is 20.3 Å². The van der Waals surface area contributed by atoms with Crippen molar-refractivity contribution in [3.63, 3.8) is 0 Å². The van der Waals surface area contributed by atoms with Gasteiger partial charge in [-0.15, -0.1) is 22.7 Å². The zero-order valence-electron chi connectivity index (χ0n) is 10.5. The van der Waals surface area contributed by atoms with E-state index in [0.717, 1.165) is 13.0 Å².